The second-order valence-electron chi connectivity index (χ2n) is 6.86. The van der Waals surface area contributed by atoms with Crippen LogP contribution in [0.5, 0.6) is 0 Å². The topological polar surface area (TPSA) is 63.1 Å². The van der Waals surface area contributed by atoms with E-state index in [-0.39, 0.29) is 0 Å². The van der Waals surface area contributed by atoms with E-state index < -0.39 is 6.10 Å². The third-order valence-corrected chi connectivity index (χ3v) is 6.31. The number of benzene rings is 1. The molecule has 2 heterocycles. The lowest BCUT2D eigenvalue weighted by Gasteiger charge is -2.34. The number of nitrogens with one attached hydrogen (secondary N) is 2. The smallest absolute Gasteiger partial charge is 0.191 e. The molecule has 1 atom stereocenters. The zero-order chi connectivity index (χ0) is 19.1. The molecule has 1 aromatic carbocycles. The summed E-state index contributed by atoms with van der Waals surface area (Å²) in [5, 5.41) is 18.3. The van der Waals surface area contributed by atoms with Gasteiger partial charge < -0.3 is 20.6 Å². The summed E-state index contributed by atoms with van der Waals surface area (Å²) in [6, 6.07) is 10.3. The molecule has 1 fully saturated rings. The lowest BCUT2D eigenvalue weighted by Crippen LogP contribution is -2.49. The highest BCUT2D eigenvalue weighted by Gasteiger charge is 2.15. The van der Waals surface area contributed by atoms with Gasteiger partial charge in [-0.25, -0.2) is 0 Å². The predicted molar refractivity (Wildman–Crippen MR) is 115 cm³/mol. The van der Waals surface area contributed by atoms with Crippen LogP contribution >= 0.6 is 11.3 Å². The lowest BCUT2D eigenvalue weighted by molar-refractivity contribution is 0.139. The summed E-state index contributed by atoms with van der Waals surface area (Å²) in [6.07, 6.45) is -0.539. The Morgan fingerprint density at radius 2 is 1.93 bits per heavy atom. The number of fused-ring (bicyclic) bond motifs is 1. The number of likely N-dealkylation sites (N-methyl/N-ethyl adjacent to an activating group) is 1. The molecule has 1 aliphatic heterocycles. The Morgan fingerprint density at radius 3 is 2.63 bits per heavy atom. The highest BCUT2D eigenvalue weighted by Crippen LogP contribution is 2.29. The van der Waals surface area contributed by atoms with Crippen molar-refractivity contribution in [2.24, 2.45) is 4.99 Å². The van der Waals surface area contributed by atoms with Crippen molar-refractivity contribution in [3.63, 3.8) is 0 Å². The first-order valence-corrected chi connectivity index (χ1v) is 10.6. The maximum atomic E-state index is 10.5. The maximum absolute atomic E-state index is 10.5. The fourth-order valence-electron chi connectivity index (χ4n) is 3.34. The molecule has 3 rings (SSSR count). The van der Waals surface area contributed by atoms with Gasteiger partial charge in [-0.05, 0) is 24.1 Å². The van der Waals surface area contributed by atoms with E-state index in [1.165, 1.54) is 10.1 Å². The van der Waals surface area contributed by atoms with Crippen molar-refractivity contribution in [2.45, 2.75) is 13.0 Å². The Hall–Kier alpha value is -1.67. The summed E-state index contributed by atoms with van der Waals surface area (Å²) in [5.41, 5.74) is 0. The van der Waals surface area contributed by atoms with Gasteiger partial charge in [-0.15, -0.1) is 11.3 Å². The fraction of sp³-hybridized carbons (Fsp3) is 0.550. The third kappa shape index (κ3) is 5.65. The van der Waals surface area contributed by atoms with Gasteiger partial charge in [-0.3, -0.25) is 9.89 Å². The molecule has 7 heteroatoms. The normalized spacial score (nSPS) is 18.0. The van der Waals surface area contributed by atoms with Gasteiger partial charge in [0.25, 0.3) is 0 Å². The molecule has 0 radical (unpaired) electrons. The summed E-state index contributed by atoms with van der Waals surface area (Å²) in [4.78, 5) is 10.2. The summed E-state index contributed by atoms with van der Waals surface area (Å²) in [5.74, 6) is 0.738. The Kier molecular flexibility index (Phi) is 7.46. The number of piperazine rings is 1. The maximum Gasteiger partial charge on any atom is 0.191 e. The number of thiophene rings is 1. The number of hydrogen-bond acceptors (Lipinski definition) is 5. The van der Waals surface area contributed by atoms with Crippen LogP contribution < -0.4 is 10.6 Å². The average molecular weight is 390 g/mol. The van der Waals surface area contributed by atoms with Crippen LogP contribution in [-0.4, -0.2) is 80.3 Å². The van der Waals surface area contributed by atoms with Gasteiger partial charge in [0.05, 0.1) is 0 Å². The quantitative estimate of drug-likeness (QED) is 0.497. The van der Waals surface area contributed by atoms with E-state index in [1.54, 1.807) is 18.4 Å². The molecule has 2 aromatic rings. The van der Waals surface area contributed by atoms with Crippen molar-refractivity contribution >= 4 is 27.4 Å². The number of aliphatic hydroxyl groups is 1. The fourth-order valence-corrected chi connectivity index (χ4v) is 4.39. The van der Waals surface area contributed by atoms with Crippen LogP contribution in [0.2, 0.25) is 0 Å². The molecule has 0 amide bonds. The first kappa shape index (κ1) is 20.1. The molecule has 0 bridgehead atoms. The Bertz CT molecular complexity index is 706. The Labute approximate surface area is 165 Å². The van der Waals surface area contributed by atoms with Gasteiger partial charge in [0.1, 0.15) is 6.10 Å². The van der Waals surface area contributed by atoms with Crippen LogP contribution in [-0.2, 0) is 0 Å². The molecular weight excluding hydrogens is 358 g/mol. The molecule has 0 aliphatic carbocycles. The molecule has 0 saturated carbocycles. The second-order valence-corrected chi connectivity index (χ2v) is 7.97. The van der Waals surface area contributed by atoms with Gasteiger partial charge in [-0.2, -0.15) is 0 Å². The first-order valence-electron chi connectivity index (χ1n) is 9.75. The Morgan fingerprint density at radius 1 is 1.19 bits per heavy atom. The highest BCUT2D eigenvalue weighted by atomic mass is 32.1. The predicted octanol–water partition coefficient (Wildman–Crippen LogP) is 1.74. The SMILES string of the molecule is CCN1CCN(CCNC(=NC)NCC(O)c2cc3ccccc3s2)CC1. The third-order valence-electron chi connectivity index (χ3n) is 5.09. The molecule has 1 unspecified atom stereocenters. The van der Waals surface area contributed by atoms with Crippen molar-refractivity contribution < 1.29 is 5.11 Å². The lowest BCUT2D eigenvalue weighted by atomic mass is 10.2. The van der Waals surface area contributed by atoms with Gasteiger partial charge >= 0.3 is 0 Å². The molecule has 148 valence electrons. The van der Waals surface area contributed by atoms with Crippen LogP contribution in [0.25, 0.3) is 10.1 Å². The van der Waals surface area contributed by atoms with Crippen LogP contribution in [0.15, 0.2) is 35.3 Å². The van der Waals surface area contributed by atoms with Crippen molar-refractivity contribution in [1.29, 1.82) is 0 Å². The van der Waals surface area contributed by atoms with Gasteiger partial charge in [0.15, 0.2) is 5.96 Å². The first-order chi connectivity index (χ1) is 13.2. The molecule has 1 aromatic heterocycles. The molecule has 27 heavy (non-hydrogen) atoms. The molecule has 0 spiro atoms. The minimum atomic E-state index is -0.539. The van der Waals surface area contributed by atoms with E-state index >= 15 is 0 Å². The number of aliphatic imine (C=N–C) groups is 1. The zero-order valence-corrected chi connectivity index (χ0v) is 17.1. The average Bonchev–Trinajstić information content (AvgIpc) is 3.15. The van der Waals surface area contributed by atoms with E-state index in [2.05, 4.69) is 50.5 Å². The van der Waals surface area contributed by atoms with Gasteiger partial charge in [0.2, 0.25) is 0 Å². The van der Waals surface area contributed by atoms with E-state index in [4.69, 9.17) is 0 Å². The minimum absolute atomic E-state index is 0.446. The summed E-state index contributed by atoms with van der Waals surface area (Å²) < 4.78 is 1.21. The van der Waals surface area contributed by atoms with Crippen LogP contribution in [0, 0.1) is 0 Å². The molecule has 6 nitrogen and oxygen atoms in total. The molecular formula is C20H31N5OS. The Balaban J connectivity index is 1.39. The summed E-state index contributed by atoms with van der Waals surface area (Å²) in [6.45, 7) is 10.3. The minimum Gasteiger partial charge on any atom is -0.386 e. The largest absolute Gasteiger partial charge is 0.386 e. The summed E-state index contributed by atoms with van der Waals surface area (Å²) in [7, 11) is 1.77. The number of aliphatic hydroxyl groups excluding tert-OH is 1. The number of rotatable bonds is 7. The number of guanidine groups is 1. The molecule has 3 N–H and O–H groups in total. The summed E-state index contributed by atoms with van der Waals surface area (Å²) >= 11 is 1.64. The monoisotopic (exact) mass is 389 g/mol. The van der Waals surface area contributed by atoms with Crippen LogP contribution in [0.1, 0.15) is 17.9 Å². The van der Waals surface area contributed by atoms with Crippen LogP contribution in [0.3, 0.4) is 0 Å². The van der Waals surface area contributed by atoms with E-state index in [1.807, 2.05) is 12.1 Å². The van der Waals surface area contributed by atoms with Crippen LogP contribution in [0.4, 0.5) is 0 Å². The van der Waals surface area contributed by atoms with E-state index in [0.717, 1.165) is 56.6 Å². The van der Waals surface area contributed by atoms with Gasteiger partial charge in [0, 0.05) is 62.4 Å². The number of hydrogen-bond donors (Lipinski definition) is 3. The molecule has 1 saturated heterocycles. The molecule has 1 aliphatic rings. The van der Waals surface area contributed by atoms with E-state index in [0.29, 0.717) is 6.54 Å². The standard InChI is InChI=1S/C20H31N5OS/c1-3-24-10-12-25(13-11-24)9-8-22-20(21-2)23-15-17(26)19-14-16-6-4-5-7-18(16)27-19/h4-7,14,17,26H,3,8-13,15H2,1-2H3,(H2,21,22,23). The highest BCUT2D eigenvalue weighted by molar-refractivity contribution is 7.19. The zero-order valence-electron chi connectivity index (χ0n) is 16.3. The second kappa shape index (κ2) is 10.0. The van der Waals surface area contributed by atoms with Crippen molar-refractivity contribution in [2.75, 3.05) is 59.4 Å². The number of nitrogens with zero attached hydrogens (tertiary/aromatic N) is 3. The van der Waals surface area contributed by atoms with Crippen molar-refractivity contribution in [3.05, 3.63) is 35.2 Å². The van der Waals surface area contributed by atoms with Crippen molar-refractivity contribution in [3.8, 4) is 0 Å². The van der Waals surface area contributed by atoms with Gasteiger partial charge in [-0.1, -0.05) is 25.1 Å². The van der Waals surface area contributed by atoms with E-state index in [9.17, 15) is 5.11 Å². The van der Waals surface area contributed by atoms with Crippen molar-refractivity contribution in [1.82, 2.24) is 20.4 Å².